The molecule has 0 aromatic rings. The quantitative estimate of drug-likeness (QED) is 0.231. The van der Waals surface area contributed by atoms with Crippen LogP contribution in [0, 0.1) is 0 Å². The highest BCUT2D eigenvalue weighted by Gasteiger charge is 2.18. The molecule has 16 heavy (non-hydrogen) atoms. The predicted octanol–water partition coefficient (Wildman–Crippen LogP) is 0.0157. The number of amides is 1. The van der Waals surface area contributed by atoms with E-state index in [1.807, 2.05) is 20.8 Å². The second-order valence-corrected chi connectivity index (χ2v) is 4.76. The Bertz CT molecular complexity index is 258. The van der Waals surface area contributed by atoms with Crippen LogP contribution < -0.4 is 16.4 Å². The van der Waals surface area contributed by atoms with Gasteiger partial charge in [0, 0.05) is 18.5 Å². The molecule has 5 N–H and O–H groups in total. The fourth-order valence-electron chi connectivity index (χ4n) is 1.04. The van der Waals surface area contributed by atoms with Gasteiger partial charge in [0.1, 0.15) is 5.84 Å². The first-order chi connectivity index (χ1) is 7.26. The molecule has 94 valence electrons. The van der Waals surface area contributed by atoms with Crippen molar-refractivity contribution in [2.75, 3.05) is 6.54 Å². The highest BCUT2D eigenvalue weighted by Crippen LogP contribution is 1.99. The summed E-state index contributed by atoms with van der Waals surface area (Å²) in [5.41, 5.74) is 5.06. The molecule has 1 unspecified atom stereocenters. The number of carbonyl (C=O) groups is 1. The zero-order valence-electron chi connectivity index (χ0n) is 10.4. The van der Waals surface area contributed by atoms with Gasteiger partial charge in [-0.15, -0.1) is 0 Å². The summed E-state index contributed by atoms with van der Waals surface area (Å²) in [4.78, 5) is 11.6. The normalized spacial score (nSPS) is 14.6. The molecule has 0 aliphatic carbocycles. The van der Waals surface area contributed by atoms with Gasteiger partial charge in [-0.3, -0.25) is 4.79 Å². The fourth-order valence-corrected chi connectivity index (χ4v) is 1.04. The molecule has 6 heteroatoms. The maximum atomic E-state index is 11.6. The Morgan fingerprint density at radius 3 is 2.50 bits per heavy atom. The van der Waals surface area contributed by atoms with Crippen LogP contribution in [-0.2, 0) is 4.79 Å². The van der Waals surface area contributed by atoms with E-state index in [0.29, 0.717) is 13.0 Å². The minimum absolute atomic E-state index is 0.0630. The topological polar surface area (TPSA) is 99.7 Å². The van der Waals surface area contributed by atoms with Crippen molar-refractivity contribution in [1.29, 1.82) is 0 Å². The van der Waals surface area contributed by atoms with Crippen molar-refractivity contribution in [2.45, 2.75) is 45.7 Å². The number of hydrogen-bond acceptors (Lipinski definition) is 4. The first-order valence-corrected chi connectivity index (χ1v) is 5.28. The van der Waals surface area contributed by atoms with Crippen molar-refractivity contribution in [3.8, 4) is 0 Å². The Balaban J connectivity index is 3.89. The van der Waals surface area contributed by atoms with E-state index in [9.17, 15) is 4.79 Å². The number of nitrogens with zero attached hydrogens (tertiary/aromatic N) is 1. The lowest BCUT2D eigenvalue weighted by molar-refractivity contribution is -0.124. The van der Waals surface area contributed by atoms with Gasteiger partial charge in [-0.25, -0.2) is 0 Å². The molecular weight excluding hydrogens is 208 g/mol. The summed E-state index contributed by atoms with van der Waals surface area (Å²) in [5.74, 6) is 0.0861. The standard InChI is InChI=1S/C10H22N4O2/c1-7(9(15)13-10(2,3)4)12-6-5-8(11)14-16/h7,12,16H,5-6H2,1-4H3,(H2,11,14)(H,13,15). The lowest BCUT2D eigenvalue weighted by Gasteiger charge is -2.23. The molecule has 0 saturated carbocycles. The molecule has 0 rings (SSSR count). The summed E-state index contributed by atoms with van der Waals surface area (Å²) >= 11 is 0. The summed E-state index contributed by atoms with van der Waals surface area (Å²) < 4.78 is 0. The molecule has 1 amide bonds. The van der Waals surface area contributed by atoms with E-state index in [0.717, 1.165) is 0 Å². The predicted molar refractivity (Wildman–Crippen MR) is 63.4 cm³/mol. The van der Waals surface area contributed by atoms with Gasteiger partial charge < -0.3 is 21.6 Å². The molecule has 6 nitrogen and oxygen atoms in total. The Morgan fingerprint density at radius 2 is 2.06 bits per heavy atom. The molecule has 0 aromatic carbocycles. The number of rotatable bonds is 5. The third-order valence-corrected chi connectivity index (χ3v) is 1.85. The Labute approximate surface area is 96.3 Å². The monoisotopic (exact) mass is 230 g/mol. The van der Waals surface area contributed by atoms with Crippen molar-refractivity contribution in [2.24, 2.45) is 10.9 Å². The summed E-state index contributed by atoms with van der Waals surface area (Å²) in [7, 11) is 0. The lowest BCUT2D eigenvalue weighted by atomic mass is 10.1. The highest BCUT2D eigenvalue weighted by atomic mass is 16.4. The van der Waals surface area contributed by atoms with E-state index in [4.69, 9.17) is 10.9 Å². The minimum Gasteiger partial charge on any atom is -0.409 e. The number of amidine groups is 1. The van der Waals surface area contributed by atoms with Crippen LogP contribution in [0.25, 0.3) is 0 Å². The van der Waals surface area contributed by atoms with Crippen molar-refractivity contribution in [3.05, 3.63) is 0 Å². The smallest absolute Gasteiger partial charge is 0.237 e. The van der Waals surface area contributed by atoms with Crippen LogP contribution in [0.5, 0.6) is 0 Å². The van der Waals surface area contributed by atoms with Gasteiger partial charge in [0.2, 0.25) is 5.91 Å². The first kappa shape index (κ1) is 14.7. The van der Waals surface area contributed by atoms with Gasteiger partial charge in [0.05, 0.1) is 6.04 Å². The molecule has 0 heterocycles. The second kappa shape index (κ2) is 6.32. The Hall–Kier alpha value is -1.30. The van der Waals surface area contributed by atoms with Gasteiger partial charge >= 0.3 is 0 Å². The van der Waals surface area contributed by atoms with E-state index in [1.54, 1.807) is 6.92 Å². The van der Waals surface area contributed by atoms with Crippen LogP contribution in [0.15, 0.2) is 5.16 Å². The third kappa shape index (κ3) is 7.05. The number of nitrogens with one attached hydrogen (secondary N) is 2. The number of oxime groups is 1. The molecule has 0 saturated heterocycles. The van der Waals surface area contributed by atoms with E-state index in [1.165, 1.54) is 0 Å². The molecule has 0 aromatic heterocycles. The van der Waals surface area contributed by atoms with Gasteiger partial charge in [-0.1, -0.05) is 5.16 Å². The molecule has 0 fully saturated rings. The molecule has 0 radical (unpaired) electrons. The van der Waals surface area contributed by atoms with Crippen LogP contribution in [0.3, 0.4) is 0 Å². The van der Waals surface area contributed by atoms with Crippen LogP contribution >= 0.6 is 0 Å². The van der Waals surface area contributed by atoms with Crippen molar-refractivity contribution in [3.63, 3.8) is 0 Å². The lowest BCUT2D eigenvalue weighted by Crippen LogP contribution is -2.49. The van der Waals surface area contributed by atoms with Crippen molar-refractivity contribution >= 4 is 11.7 Å². The van der Waals surface area contributed by atoms with Gasteiger partial charge in [0.25, 0.3) is 0 Å². The van der Waals surface area contributed by atoms with E-state index in [2.05, 4.69) is 15.8 Å². The van der Waals surface area contributed by atoms with Gasteiger partial charge in [0.15, 0.2) is 0 Å². The van der Waals surface area contributed by atoms with Gasteiger partial charge in [-0.2, -0.15) is 0 Å². The molecule has 0 aliphatic heterocycles. The van der Waals surface area contributed by atoms with E-state index >= 15 is 0 Å². The van der Waals surface area contributed by atoms with Crippen LogP contribution in [0.1, 0.15) is 34.1 Å². The zero-order chi connectivity index (χ0) is 12.8. The molecule has 1 atom stereocenters. The van der Waals surface area contributed by atoms with E-state index < -0.39 is 0 Å². The van der Waals surface area contributed by atoms with Crippen LogP contribution in [0.2, 0.25) is 0 Å². The highest BCUT2D eigenvalue weighted by molar-refractivity contribution is 5.82. The SMILES string of the molecule is CC(NCCC(N)=NO)C(=O)NC(C)(C)C. The fraction of sp³-hybridized carbons (Fsp3) is 0.800. The number of carbonyl (C=O) groups excluding carboxylic acids is 1. The summed E-state index contributed by atoms with van der Waals surface area (Å²) in [6.45, 7) is 8.04. The average Bonchev–Trinajstić information content (AvgIpc) is 2.14. The largest absolute Gasteiger partial charge is 0.409 e. The molecule has 0 spiro atoms. The average molecular weight is 230 g/mol. The summed E-state index contributed by atoms with van der Waals surface area (Å²) in [6, 6.07) is -0.300. The minimum atomic E-state index is -0.300. The maximum Gasteiger partial charge on any atom is 0.237 e. The molecule has 0 aliphatic rings. The Morgan fingerprint density at radius 1 is 1.50 bits per heavy atom. The Kier molecular flexibility index (Phi) is 5.81. The summed E-state index contributed by atoms with van der Waals surface area (Å²) in [5, 5.41) is 17.0. The van der Waals surface area contributed by atoms with Gasteiger partial charge in [-0.05, 0) is 27.7 Å². The van der Waals surface area contributed by atoms with Crippen molar-refractivity contribution in [1.82, 2.24) is 10.6 Å². The summed E-state index contributed by atoms with van der Waals surface area (Å²) in [6.07, 6.45) is 0.406. The van der Waals surface area contributed by atoms with E-state index in [-0.39, 0.29) is 23.3 Å². The molecular formula is C10H22N4O2. The molecule has 0 bridgehead atoms. The maximum absolute atomic E-state index is 11.6. The van der Waals surface area contributed by atoms with Crippen LogP contribution in [-0.4, -0.2) is 35.1 Å². The van der Waals surface area contributed by atoms with Crippen LogP contribution in [0.4, 0.5) is 0 Å². The first-order valence-electron chi connectivity index (χ1n) is 5.28. The second-order valence-electron chi connectivity index (χ2n) is 4.76. The number of hydrogen-bond donors (Lipinski definition) is 4. The number of nitrogens with two attached hydrogens (primary N) is 1. The van der Waals surface area contributed by atoms with Crippen molar-refractivity contribution < 1.29 is 10.0 Å². The zero-order valence-corrected chi connectivity index (χ0v) is 10.4. The third-order valence-electron chi connectivity index (χ3n) is 1.85.